The van der Waals surface area contributed by atoms with Crippen molar-refractivity contribution in [1.82, 2.24) is 9.55 Å². The van der Waals surface area contributed by atoms with Crippen LogP contribution in [0.3, 0.4) is 0 Å². The van der Waals surface area contributed by atoms with Gasteiger partial charge in [-0.25, -0.2) is 18.2 Å². The summed E-state index contributed by atoms with van der Waals surface area (Å²) >= 11 is 0. The fourth-order valence-electron chi connectivity index (χ4n) is 2.40. The van der Waals surface area contributed by atoms with Gasteiger partial charge in [0.15, 0.2) is 17.5 Å². The van der Waals surface area contributed by atoms with E-state index in [-0.39, 0.29) is 11.7 Å². The van der Waals surface area contributed by atoms with Crippen molar-refractivity contribution in [3.63, 3.8) is 0 Å². The zero-order valence-corrected chi connectivity index (χ0v) is 12.3. The first-order chi connectivity index (χ1) is 11.1. The molecule has 3 aromatic rings. The summed E-state index contributed by atoms with van der Waals surface area (Å²) in [5.41, 5.74) is 1.07. The van der Waals surface area contributed by atoms with Crippen LogP contribution in [0.5, 0.6) is 0 Å². The highest BCUT2D eigenvalue weighted by molar-refractivity contribution is 5.46. The zero-order valence-electron chi connectivity index (χ0n) is 12.3. The van der Waals surface area contributed by atoms with Gasteiger partial charge >= 0.3 is 0 Å². The van der Waals surface area contributed by atoms with Gasteiger partial charge in [0.05, 0.1) is 6.04 Å². The lowest BCUT2D eigenvalue weighted by atomic mass is 10.2. The van der Waals surface area contributed by atoms with Gasteiger partial charge in [-0.15, -0.1) is 0 Å². The Morgan fingerprint density at radius 3 is 2.35 bits per heavy atom. The molecule has 0 amide bonds. The summed E-state index contributed by atoms with van der Waals surface area (Å²) < 4.78 is 41.5. The quantitative estimate of drug-likeness (QED) is 0.720. The molecule has 1 heterocycles. The zero-order chi connectivity index (χ0) is 16.4. The van der Waals surface area contributed by atoms with Gasteiger partial charge in [-0.3, -0.25) is 0 Å². The van der Waals surface area contributed by atoms with Crippen LogP contribution in [0.25, 0.3) is 5.69 Å². The molecular weight excluding hydrogens is 303 g/mol. The minimum atomic E-state index is -1.48. The van der Waals surface area contributed by atoms with Crippen molar-refractivity contribution in [2.45, 2.75) is 13.0 Å². The lowest BCUT2D eigenvalue weighted by molar-refractivity contribution is 0.447. The highest BCUT2D eigenvalue weighted by Gasteiger charge is 2.16. The number of aromatic nitrogens is 2. The normalized spacial score (nSPS) is 12.2. The maximum absolute atomic E-state index is 13.3. The molecule has 2 aromatic carbocycles. The molecule has 1 unspecified atom stereocenters. The van der Waals surface area contributed by atoms with Gasteiger partial charge in [0, 0.05) is 35.9 Å². The third-order valence-corrected chi connectivity index (χ3v) is 3.46. The van der Waals surface area contributed by atoms with Gasteiger partial charge in [-0.1, -0.05) is 18.2 Å². The van der Waals surface area contributed by atoms with Crippen LogP contribution in [-0.4, -0.2) is 9.55 Å². The SMILES string of the molecule is CC(Nc1cc(F)c(F)c(F)c1)c1nccn1-c1ccccc1. The molecule has 0 radical (unpaired) electrons. The second-order valence-corrected chi connectivity index (χ2v) is 5.11. The Hall–Kier alpha value is -2.76. The first-order valence-corrected chi connectivity index (χ1v) is 7.06. The molecule has 1 aromatic heterocycles. The third-order valence-electron chi connectivity index (χ3n) is 3.46. The van der Waals surface area contributed by atoms with Crippen molar-refractivity contribution in [2.75, 3.05) is 5.32 Å². The maximum Gasteiger partial charge on any atom is 0.194 e. The van der Waals surface area contributed by atoms with E-state index in [1.54, 1.807) is 19.3 Å². The molecule has 0 bridgehead atoms. The smallest absolute Gasteiger partial charge is 0.194 e. The van der Waals surface area contributed by atoms with Crippen molar-refractivity contribution >= 4 is 5.69 Å². The summed E-state index contributed by atoms with van der Waals surface area (Å²) in [5, 5.41) is 2.93. The summed E-state index contributed by atoms with van der Waals surface area (Å²) in [7, 11) is 0. The van der Waals surface area contributed by atoms with E-state index in [1.807, 2.05) is 34.9 Å². The average Bonchev–Trinajstić information content (AvgIpc) is 3.03. The van der Waals surface area contributed by atoms with Crippen molar-refractivity contribution in [3.05, 3.63) is 78.1 Å². The summed E-state index contributed by atoms with van der Waals surface area (Å²) in [4.78, 5) is 4.29. The molecule has 0 aliphatic heterocycles. The van der Waals surface area contributed by atoms with Crippen LogP contribution in [0.2, 0.25) is 0 Å². The average molecular weight is 317 g/mol. The Kier molecular flexibility index (Phi) is 4.06. The number of rotatable bonds is 4. The standard InChI is InChI=1S/C17H14F3N3/c1-11(22-12-9-14(18)16(20)15(19)10-12)17-21-7-8-23(17)13-5-3-2-4-6-13/h2-11,22H,1H3. The minimum absolute atomic E-state index is 0.150. The highest BCUT2D eigenvalue weighted by Crippen LogP contribution is 2.23. The lowest BCUT2D eigenvalue weighted by Gasteiger charge is -2.17. The van der Waals surface area contributed by atoms with E-state index in [0.29, 0.717) is 5.82 Å². The highest BCUT2D eigenvalue weighted by atomic mass is 19.2. The summed E-state index contributed by atoms with van der Waals surface area (Å²) in [5.74, 6) is -3.27. The Bertz CT molecular complexity index is 792. The Morgan fingerprint density at radius 1 is 1.04 bits per heavy atom. The number of nitrogens with one attached hydrogen (secondary N) is 1. The monoisotopic (exact) mass is 317 g/mol. The molecule has 0 spiro atoms. The number of hydrogen-bond acceptors (Lipinski definition) is 2. The van der Waals surface area contributed by atoms with Gasteiger partial charge < -0.3 is 9.88 Å². The van der Waals surface area contributed by atoms with E-state index in [9.17, 15) is 13.2 Å². The van der Waals surface area contributed by atoms with E-state index in [4.69, 9.17) is 0 Å². The number of hydrogen-bond donors (Lipinski definition) is 1. The molecule has 0 aliphatic carbocycles. The van der Waals surface area contributed by atoms with Crippen LogP contribution in [0.4, 0.5) is 18.9 Å². The van der Waals surface area contributed by atoms with E-state index < -0.39 is 17.5 Å². The Labute approximate surface area is 131 Å². The molecule has 1 atom stereocenters. The summed E-state index contributed by atoms with van der Waals surface area (Å²) in [6.45, 7) is 1.81. The lowest BCUT2D eigenvalue weighted by Crippen LogP contribution is -2.13. The predicted octanol–water partition coefficient (Wildman–Crippen LogP) is 4.46. The number of benzene rings is 2. The third kappa shape index (κ3) is 3.06. The van der Waals surface area contributed by atoms with Crippen LogP contribution < -0.4 is 5.32 Å². The fraction of sp³-hybridized carbons (Fsp3) is 0.118. The predicted molar refractivity (Wildman–Crippen MR) is 81.9 cm³/mol. The van der Waals surface area contributed by atoms with Gasteiger partial charge in [-0.05, 0) is 19.1 Å². The van der Waals surface area contributed by atoms with E-state index in [2.05, 4.69) is 10.3 Å². The van der Waals surface area contributed by atoms with Crippen LogP contribution in [0.1, 0.15) is 18.8 Å². The second-order valence-electron chi connectivity index (χ2n) is 5.11. The molecule has 0 fully saturated rings. The molecular formula is C17H14F3N3. The topological polar surface area (TPSA) is 29.9 Å². The van der Waals surface area contributed by atoms with Gasteiger partial charge in [0.2, 0.25) is 0 Å². The minimum Gasteiger partial charge on any atom is -0.375 e. The molecule has 3 nitrogen and oxygen atoms in total. The van der Waals surface area contributed by atoms with Crippen molar-refractivity contribution in [1.29, 1.82) is 0 Å². The molecule has 1 N–H and O–H groups in total. The molecule has 0 saturated carbocycles. The largest absolute Gasteiger partial charge is 0.375 e. The Balaban J connectivity index is 1.88. The first kappa shape index (κ1) is 15.1. The van der Waals surface area contributed by atoms with E-state index >= 15 is 0 Å². The number of anilines is 1. The van der Waals surface area contributed by atoms with Gasteiger partial charge in [0.1, 0.15) is 5.82 Å². The van der Waals surface area contributed by atoms with Crippen molar-refractivity contribution in [3.8, 4) is 5.69 Å². The van der Waals surface area contributed by atoms with Crippen molar-refractivity contribution in [2.24, 2.45) is 0 Å². The van der Waals surface area contributed by atoms with E-state index in [0.717, 1.165) is 17.8 Å². The van der Waals surface area contributed by atoms with Gasteiger partial charge in [-0.2, -0.15) is 0 Å². The Morgan fingerprint density at radius 2 is 1.70 bits per heavy atom. The van der Waals surface area contributed by atoms with Crippen LogP contribution in [-0.2, 0) is 0 Å². The fourth-order valence-corrected chi connectivity index (χ4v) is 2.40. The summed E-state index contributed by atoms with van der Waals surface area (Å²) in [6.07, 6.45) is 3.45. The maximum atomic E-state index is 13.3. The summed E-state index contributed by atoms with van der Waals surface area (Å²) in [6, 6.07) is 11.1. The molecule has 6 heteroatoms. The number of imidazole rings is 1. The second kappa shape index (κ2) is 6.16. The molecule has 0 saturated heterocycles. The van der Waals surface area contributed by atoms with E-state index in [1.165, 1.54) is 0 Å². The van der Waals surface area contributed by atoms with Crippen LogP contribution >= 0.6 is 0 Å². The van der Waals surface area contributed by atoms with Gasteiger partial charge in [0.25, 0.3) is 0 Å². The van der Waals surface area contributed by atoms with Crippen molar-refractivity contribution < 1.29 is 13.2 Å². The number of para-hydroxylation sites is 1. The molecule has 118 valence electrons. The van der Waals surface area contributed by atoms with Crippen LogP contribution in [0, 0.1) is 17.5 Å². The molecule has 0 aliphatic rings. The first-order valence-electron chi connectivity index (χ1n) is 7.06. The molecule has 3 rings (SSSR count). The molecule has 23 heavy (non-hydrogen) atoms. The number of nitrogens with zero attached hydrogens (tertiary/aromatic N) is 2. The van der Waals surface area contributed by atoms with Crippen LogP contribution in [0.15, 0.2) is 54.9 Å². The number of halogens is 3.